The maximum atomic E-state index is 13.7. The summed E-state index contributed by atoms with van der Waals surface area (Å²) in [5.41, 5.74) is 6.91. The van der Waals surface area contributed by atoms with Crippen LogP contribution in [-0.2, 0) is 6.42 Å². The molecule has 0 aliphatic rings. The molecule has 0 saturated carbocycles. The third-order valence-corrected chi connectivity index (χ3v) is 3.75. The van der Waals surface area contributed by atoms with E-state index in [9.17, 15) is 8.78 Å². The van der Waals surface area contributed by atoms with Crippen LogP contribution < -0.4 is 5.73 Å². The van der Waals surface area contributed by atoms with Crippen molar-refractivity contribution in [3.8, 4) is 0 Å². The van der Waals surface area contributed by atoms with Gasteiger partial charge in [0.15, 0.2) is 0 Å². The van der Waals surface area contributed by atoms with Gasteiger partial charge < -0.3 is 5.73 Å². The molecule has 0 saturated heterocycles. The lowest BCUT2D eigenvalue weighted by Gasteiger charge is -2.14. The van der Waals surface area contributed by atoms with E-state index in [1.807, 2.05) is 0 Å². The highest BCUT2D eigenvalue weighted by atomic mass is 79.9. The van der Waals surface area contributed by atoms with Gasteiger partial charge in [-0.15, -0.1) is 0 Å². The number of halogens is 4. The summed E-state index contributed by atoms with van der Waals surface area (Å²) in [6.07, 6.45) is 0.268. The quantitative estimate of drug-likeness (QED) is 0.862. The van der Waals surface area contributed by atoms with E-state index < -0.39 is 11.9 Å². The van der Waals surface area contributed by atoms with Crippen LogP contribution in [0.3, 0.4) is 0 Å². The van der Waals surface area contributed by atoms with Gasteiger partial charge in [-0.2, -0.15) is 0 Å². The second-order valence-corrected chi connectivity index (χ2v) is 5.48. The molecule has 0 fully saturated rings. The molecule has 1 atom stereocenters. The van der Waals surface area contributed by atoms with E-state index in [0.29, 0.717) is 11.1 Å². The van der Waals surface area contributed by atoms with Crippen LogP contribution in [0.1, 0.15) is 17.2 Å². The van der Waals surface area contributed by atoms with Crippen LogP contribution in [0.5, 0.6) is 0 Å². The molecule has 19 heavy (non-hydrogen) atoms. The van der Waals surface area contributed by atoms with Crippen LogP contribution in [0.2, 0.25) is 5.02 Å². The molecule has 1 nitrogen and oxygen atoms in total. The number of nitrogens with two attached hydrogens (primary N) is 1. The van der Waals surface area contributed by atoms with Gasteiger partial charge in [0, 0.05) is 16.1 Å². The molecule has 0 heterocycles. The normalized spacial score (nSPS) is 12.5. The molecule has 0 aliphatic carbocycles. The Bertz CT molecular complexity index is 604. The third kappa shape index (κ3) is 3.32. The van der Waals surface area contributed by atoms with Crippen molar-refractivity contribution in [1.29, 1.82) is 0 Å². The summed E-state index contributed by atoms with van der Waals surface area (Å²) >= 11 is 9.13. The van der Waals surface area contributed by atoms with Crippen LogP contribution in [0, 0.1) is 11.6 Å². The Hall–Kier alpha value is -0.970. The van der Waals surface area contributed by atoms with E-state index in [-0.39, 0.29) is 17.3 Å². The van der Waals surface area contributed by atoms with Crippen LogP contribution >= 0.6 is 27.5 Å². The Morgan fingerprint density at radius 2 is 1.89 bits per heavy atom. The first kappa shape index (κ1) is 14.4. The summed E-state index contributed by atoms with van der Waals surface area (Å²) in [6, 6.07) is 8.48. The molecule has 0 aromatic heterocycles. The highest BCUT2D eigenvalue weighted by molar-refractivity contribution is 9.10. The van der Waals surface area contributed by atoms with Crippen LogP contribution in [0.4, 0.5) is 8.78 Å². The lowest BCUT2D eigenvalue weighted by molar-refractivity contribution is 0.578. The zero-order valence-electron chi connectivity index (χ0n) is 9.84. The van der Waals surface area contributed by atoms with E-state index in [1.54, 1.807) is 24.3 Å². The summed E-state index contributed by atoms with van der Waals surface area (Å²) in [5, 5.41) is 0.0355. The monoisotopic (exact) mass is 345 g/mol. The summed E-state index contributed by atoms with van der Waals surface area (Å²) in [5.74, 6) is -0.885. The SMILES string of the molecule is NC(Cc1cccc(F)c1Cl)c1cc(Br)ccc1F. The largest absolute Gasteiger partial charge is 0.324 e. The Balaban J connectivity index is 2.28. The standard InChI is InChI=1S/C14H11BrClF2N/c15-9-4-5-11(17)10(7-9)13(19)6-8-2-1-3-12(18)14(8)16/h1-5,7,13H,6,19H2. The number of hydrogen-bond acceptors (Lipinski definition) is 1. The molecule has 0 radical (unpaired) electrons. The zero-order valence-corrected chi connectivity index (χ0v) is 12.2. The maximum Gasteiger partial charge on any atom is 0.142 e. The summed E-state index contributed by atoms with van der Waals surface area (Å²) in [7, 11) is 0. The first-order chi connectivity index (χ1) is 8.99. The first-order valence-corrected chi connectivity index (χ1v) is 6.79. The Kier molecular flexibility index (Phi) is 4.55. The zero-order chi connectivity index (χ0) is 14.0. The molecule has 2 aromatic carbocycles. The number of rotatable bonds is 3. The van der Waals surface area contributed by atoms with E-state index in [1.165, 1.54) is 12.1 Å². The van der Waals surface area contributed by atoms with Crippen LogP contribution in [-0.4, -0.2) is 0 Å². The number of hydrogen-bond donors (Lipinski definition) is 1. The van der Waals surface area contributed by atoms with Crippen molar-refractivity contribution in [2.45, 2.75) is 12.5 Å². The van der Waals surface area contributed by atoms with Crippen molar-refractivity contribution in [3.05, 3.63) is 68.7 Å². The Morgan fingerprint density at radius 1 is 1.16 bits per heavy atom. The minimum absolute atomic E-state index is 0.0355. The van der Waals surface area contributed by atoms with Crippen molar-refractivity contribution >= 4 is 27.5 Å². The van der Waals surface area contributed by atoms with Crippen LogP contribution in [0.25, 0.3) is 0 Å². The molecule has 2 N–H and O–H groups in total. The molecular formula is C14H11BrClF2N. The molecular weight excluding hydrogens is 336 g/mol. The Morgan fingerprint density at radius 3 is 2.63 bits per heavy atom. The predicted molar refractivity (Wildman–Crippen MR) is 76.1 cm³/mol. The minimum Gasteiger partial charge on any atom is -0.324 e. The van der Waals surface area contributed by atoms with Gasteiger partial charge in [0.1, 0.15) is 11.6 Å². The summed E-state index contributed by atoms with van der Waals surface area (Å²) in [4.78, 5) is 0. The van der Waals surface area contributed by atoms with Gasteiger partial charge >= 0.3 is 0 Å². The molecule has 0 bridgehead atoms. The van der Waals surface area contributed by atoms with Gasteiger partial charge in [0.05, 0.1) is 5.02 Å². The lowest BCUT2D eigenvalue weighted by atomic mass is 9.99. The smallest absolute Gasteiger partial charge is 0.142 e. The molecule has 0 amide bonds. The lowest BCUT2D eigenvalue weighted by Crippen LogP contribution is -2.15. The highest BCUT2D eigenvalue weighted by Crippen LogP contribution is 2.27. The molecule has 2 rings (SSSR count). The molecule has 2 aromatic rings. The van der Waals surface area contributed by atoms with Crippen LogP contribution in [0.15, 0.2) is 40.9 Å². The van der Waals surface area contributed by atoms with Crippen molar-refractivity contribution in [2.24, 2.45) is 5.73 Å². The molecule has 1 unspecified atom stereocenters. The molecule has 0 aliphatic heterocycles. The second kappa shape index (κ2) is 5.99. The van der Waals surface area contributed by atoms with E-state index in [0.717, 1.165) is 4.47 Å². The average Bonchev–Trinajstić information content (AvgIpc) is 2.38. The van der Waals surface area contributed by atoms with Gasteiger partial charge in [0.25, 0.3) is 0 Å². The fraction of sp³-hybridized carbons (Fsp3) is 0.143. The van der Waals surface area contributed by atoms with Gasteiger partial charge in [-0.25, -0.2) is 8.78 Å². The van der Waals surface area contributed by atoms with Gasteiger partial charge in [0.2, 0.25) is 0 Å². The van der Waals surface area contributed by atoms with Gasteiger partial charge in [-0.05, 0) is 36.2 Å². The summed E-state index contributed by atoms with van der Waals surface area (Å²) < 4.78 is 27.8. The van der Waals surface area contributed by atoms with Gasteiger partial charge in [-0.3, -0.25) is 0 Å². The average molecular weight is 347 g/mol. The predicted octanol–water partition coefficient (Wildman–Crippen LogP) is 4.62. The highest BCUT2D eigenvalue weighted by Gasteiger charge is 2.15. The number of benzene rings is 2. The van der Waals surface area contributed by atoms with Crippen molar-refractivity contribution < 1.29 is 8.78 Å². The van der Waals surface area contributed by atoms with Crippen molar-refractivity contribution in [2.75, 3.05) is 0 Å². The first-order valence-electron chi connectivity index (χ1n) is 5.62. The molecule has 100 valence electrons. The van der Waals surface area contributed by atoms with Crippen molar-refractivity contribution in [1.82, 2.24) is 0 Å². The summed E-state index contributed by atoms with van der Waals surface area (Å²) in [6.45, 7) is 0. The van der Waals surface area contributed by atoms with Gasteiger partial charge in [-0.1, -0.05) is 39.7 Å². The van der Waals surface area contributed by atoms with Crippen molar-refractivity contribution in [3.63, 3.8) is 0 Å². The van der Waals surface area contributed by atoms with E-state index in [4.69, 9.17) is 17.3 Å². The topological polar surface area (TPSA) is 26.0 Å². The minimum atomic E-state index is -0.586. The fourth-order valence-corrected chi connectivity index (χ4v) is 2.43. The maximum absolute atomic E-state index is 13.7. The molecule has 5 heteroatoms. The third-order valence-electron chi connectivity index (χ3n) is 2.83. The molecule has 0 spiro atoms. The Labute approximate surface area is 123 Å². The van der Waals surface area contributed by atoms with E-state index >= 15 is 0 Å². The fourth-order valence-electron chi connectivity index (χ4n) is 1.85. The second-order valence-electron chi connectivity index (χ2n) is 4.19. The van der Waals surface area contributed by atoms with E-state index in [2.05, 4.69) is 15.9 Å².